The lowest BCUT2D eigenvalue weighted by atomic mass is 10.3. The van der Waals surface area contributed by atoms with Gasteiger partial charge in [-0.1, -0.05) is 0 Å². The standard InChI is InChI=1S/C7H3F3N2OS/c8-3-1-2-4-6(5(3)9)12(14-10)7(13)11-4/h1-2H,(H,11,13). The van der Waals surface area contributed by atoms with Crippen LogP contribution >= 0.6 is 12.3 Å². The topological polar surface area (TPSA) is 37.8 Å². The zero-order chi connectivity index (χ0) is 10.3. The van der Waals surface area contributed by atoms with Gasteiger partial charge in [-0.05, 0) is 12.1 Å². The van der Waals surface area contributed by atoms with Gasteiger partial charge in [0.1, 0.15) is 5.52 Å². The maximum Gasteiger partial charge on any atom is 0.338 e. The molecule has 1 aromatic carbocycles. The molecule has 2 aromatic rings. The van der Waals surface area contributed by atoms with Crippen molar-refractivity contribution in [1.29, 1.82) is 0 Å². The Morgan fingerprint density at radius 1 is 1.36 bits per heavy atom. The molecule has 0 aliphatic carbocycles. The third-order valence-electron chi connectivity index (χ3n) is 1.77. The SMILES string of the molecule is O=c1[nH]c2ccc(F)c(F)c2n1SF. The van der Waals surface area contributed by atoms with Gasteiger partial charge in [-0.3, -0.25) is 0 Å². The zero-order valence-electron chi connectivity index (χ0n) is 6.55. The Labute approximate surface area is 80.0 Å². The summed E-state index contributed by atoms with van der Waals surface area (Å²) in [6.45, 7) is 0. The summed E-state index contributed by atoms with van der Waals surface area (Å²) in [6.07, 6.45) is 0. The first kappa shape index (κ1) is 9.20. The molecule has 0 unspecified atom stereocenters. The second-order valence-corrected chi connectivity index (χ2v) is 3.05. The van der Waals surface area contributed by atoms with E-state index in [9.17, 15) is 17.5 Å². The predicted octanol–water partition coefficient (Wildman–Crippen LogP) is 1.99. The number of imidazole rings is 1. The van der Waals surface area contributed by atoms with E-state index < -0.39 is 35.2 Å². The molecule has 74 valence electrons. The predicted molar refractivity (Wildman–Crippen MR) is 46.6 cm³/mol. The average molecular weight is 220 g/mol. The van der Waals surface area contributed by atoms with E-state index in [4.69, 9.17) is 0 Å². The molecule has 0 amide bonds. The van der Waals surface area contributed by atoms with Crippen LogP contribution in [0.15, 0.2) is 16.9 Å². The minimum absolute atomic E-state index is 0.0547. The number of rotatable bonds is 1. The lowest BCUT2D eigenvalue weighted by Gasteiger charge is -1.96. The maximum atomic E-state index is 13.1. The van der Waals surface area contributed by atoms with Crippen LogP contribution < -0.4 is 5.69 Å². The van der Waals surface area contributed by atoms with Gasteiger partial charge in [0.25, 0.3) is 0 Å². The molecule has 2 rings (SSSR count). The highest BCUT2D eigenvalue weighted by molar-refractivity contribution is 7.92. The minimum Gasteiger partial charge on any atom is -0.305 e. The zero-order valence-corrected chi connectivity index (χ0v) is 7.37. The number of aromatic amines is 1. The van der Waals surface area contributed by atoms with Gasteiger partial charge in [0.05, 0.1) is 5.52 Å². The highest BCUT2D eigenvalue weighted by Crippen LogP contribution is 2.21. The first-order chi connectivity index (χ1) is 6.65. The summed E-state index contributed by atoms with van der Waals surface area (Å²) in [5.74, 6) is -2.37. The Morgan fingerprint density at radius 2 is 2.07 bits per heavy atom. The van der Waals surface area contributed by atoms with Crippen LogP contribution in [0.5, 0.6) is 0 Å². The molecule has 0 spiro atoms. The van der Waals surface area contributed by atoms with Gasteiger partial charge in [0.15, 0.2) is 24.0 Å². The van der Waals surface area contributed by atoms with Crippen LogP contribution in [0.25, 0.3) is 11.0 Å². The van der Waals surface area contributed by atoms with E-state index in [0.717, 1.165) is 6.07 Å². The normalized spacial score (nSPS) is 11.1. The number of halogens is 3. The van der Waals surface area contributed by atoms with Crippen LogP contribution in [0.1, 0.15) is 0 Å². The molecule has 0 saturated heterocycles. The van der Waals surface area contributed by atoms with E-state index in [0.29, 0.717) is 3.97 Å². The van der Waals surface area contributed by atoms with Gasteiger partial charge >= 0.3 is 5.69 Å². The van der Waals surface area contributed by atoms with E-state index in [2.05, 4.69) is 4.98 Å². The number of fused-ring (bicyclic) bond motifs is 1. The molecule has 3 nitrogen and oxygen atoms in total. The molecule has 14 heavy (non-hydrogen) atoms. The second kappa shape index (κ2) is 3.09. The fourth-order valence-electron chi connectivity index (χ4n) is 1.17. The van der Waals surface area contributed by atoms with Crippen molar-refractivity contribution in [3.63, 3.8) is 0 Å². The van der Waals surface area contributed by atoms with Crippen molar-refractivity contribution in [3.8, 4) is 0 Å². The van der Waals surface area contributed by atoms with Crippen molar-refractivity contribution < 1.29 is 12.7 Å². The largest absolute Gasteiger partial charge is 0.338 e. The van der Waals surface area contributed by atoms with Crippen molar-refractivity contribution in [3.05, 3.63) is 34.3 Å². The number of hydrogen-bond donors (Lipinski definition) is 1. The molecule has 0 atom stereocenters. The Hall–Kier alpha value is -1.37. The average Bonchev–Trinajstić information content (AvgIpc) is 2.48. The molecular formula is C7H3F3N2OS. The van der Waals surface area contributed by atoms with Crippen molar-refractivity contribution >= 4 is 23.4 Å². The van der Waals surface area contributed by atoms with E-state index >= 15 is 0 Å². The maximum absolute atomic E-state index is 13.1. The fraction of sp³-hybridized carbons (Fsp3) is 0. The summed E-state index contributed by atoms with van der Waals surface area (Å²) in [4.78, 5) is 13.2. The first-order valence-corrected chi connectivity index (χ1v) is 4.20. The number of nitrogens with one attached hydrogen (secondary N) is 1. The van der Waals surface area contributed by atoms with E-state index in [1.807, 2.05) is 0 Å². The molecule has 0 bridgehead atoms. The van der Waals surface area contributed by atoms with Crippen LogP contribution in [-0.2, 0) is 0 Å². The highest BCUT2D eigenvalue weighted by atomic mass is 32.2. The molecule has 0 saturated carbocycles. The van der Waals surface area contributed by atoms with Crippen LogP contribution in [0.3, 0.4) is 0 Å². The van der Waals surface area contributed by atoms with Crippen molar-refractivity contribution in [2.24, 2.45) is 0 Å². The van der Waals surface area contributed by atoms with Gasteiger partial charge in [0.2, 0.25) is 0 Å². The van der Waals surface area contributed by atoms with Gasteiger partial charge in [-0.25, -0.2) is 17.5 Å². The fourth-order valence-corrected chi connectivity index (χ4v) is 1.53. The Balaban J connectivity index is 2.98. The first-order valence-electron chi connectivity index (χ1n) is 3.53. The van der Waals surface area contributed by atoms with E-state index in [1.165, 1.54) is 6.07 Å². The number of benzene rings is 1. The van der Waals surface area contributed by atoms with E-state index in [-0.39, 0.29) is 5.52 Å². The molecule has 1 heterocycles. The molecule has 1 aromatic heterocycles. The molecular weight excluding hydrogens is 217 g/mol. The minimum atomic E-state index is -1.24. The van der Waals surface area contributed by atoms with Gasteiger partial charge < -0.3 is 4.98 Å². The lowest BCUT2D eigenvalue weighted by molar-refractivity contribution is 0.515. The second-order valence-electron chi connectivity index (χ2n) is 2.55. The summed E-state index contributed by atoms with van der Waals surface area (Å²) in [5.41, 5.74) is -1.20. The summed E-state index contributed by atoms with van der Waals surface area (Å²) in [7, 11) is 0. The van der Waals surface area contributed by atoms with E-state index in [1.54, 1.807) is 0 Å². The number of aromatic nitrogens is 2. The quantitative estimate of drug-likeness (QED) is 0.798. The number of hydrogen-bond acceptors (Lipinski definition) is 2. The molecule has 0 aliphatic heterocycles. The summed E-state index contributed by atoms with van der Waals surface area (Å²) < 4.78 is 38.5. The van der Waals surface area contributed by atoms with Crippen molar-refractivity contribution in [2.75, 3.05) is 0 Å². The number of nitrogens with zero attached hydrogens (tertiary/aromatic N) is 1. The van der Waals surface area contributed by atoms with Crippen LogP contribution in [-0.4, -0.2) is 8.96 Å². The molecule has 0 radical (unpaired) electrons. The molecule has 0 aliphatic rings. The smallest absolute Gasteiger partial charge is 0.305 e. The molecule has 7 heteroatoms. The lowest BCUT2D eigenvalue weighted by Crippen LogP contribution is -2.09. The summed E-state index contributed by atoms with van der Waals surface area (Å²) >= 11 is -0.479. The van der Waals surface area contributed by atoms with Crippen molar-refractivity contribution in [1.82, 2.24) is 8.96 Å². The monoisotopic (exact) mass is 220 g/mol. The molecule has 0 fully saturated rings. The Kier molecular flexibility index (Phi) is 2.03. The third kappa shape index (κ3) is 1.12. The van der Waals surface area contributed by atoms with Crippen molar-refractivity contribution in [2.45, 2.75) is 0 Å². The van der Waals surface area contributed by atoms with Crippen LogP contribution in [0.2, 0.25) is 0 Å². The van der Waals surface area contributed by atoms with Gasteiger partial charge in [0, 0.05) is 0 Å². The van der Waals surface area contributed by atoms with Crippen LogP contribution in [0.4, 0.5) is 12.7 Å². The molecule has 1 N–H and O–H groups in total. The van der Waals surface area contributed by atoms with Gasteiger partial charge in [-0.2, -0.15) is 0 Å². The third-order valence-corrected chi connectivity index (χ3v) is 2.25. The van der Waals surface area contributed by atoms with Crippen LogP contribution in [0, 0.1) is 11.6 Å². The summed E-state index contributed by atoms with van der Waals surface area (Å²) in [6, 6.07) is 2.03. The van der Waals surface area contributed by atoms with Gasteiger partial charge in [-0.15, -0.1) is 3.89 Å². The Morgan fingerprint density at radius 3 is 2.71 bits per heavy atom. The highest BCUT2D eigenvalue weighted by Gasteiger charge is 2.15. The summed E-state index contributed by atoms with van der Waals surface area (Å²) in [5, 5.41) is 0. The number of H-pyrrole nitrogens is 1. The Bertz CT molecular complexity index is 548.